The summed E-state index contributed by atoms with van der Waals surface area (Å²) in [4.78, 5) is 0. The number of hydrogen-bond donors (Lipinski definition) is 2. The van der Waals surface area contributed by atoms with Crippen LogP contribution in [-0.4, -0.2) is 30.4 Å². The molecule has 1 aliphatic rings. The van der Waals surface area contributed by atoms with Crippen LogP contribution in [0.3, 0.4) is 0 Å². The molecule has 124 valence electrons. The lowest BCUT2D eigenvalue weighted by atomic mass is 10.1. The van der Waals surface area contributed by atoms with Gasteiger partial charge in [0.15, 0.2) is 0 Å². The maximum absolute atomic E-state index is 12.5. The second-order valence-corrected chi connectivity index (χ2v) is 7.82. The molecule has 2 unspecified atom stereocenters. The molecule has 1 aliphatic heterocycles. The topological polar surface area (TPSA) is 97.1 Å². The third kappa shape index (κ3) is 3.60. The number of aryl methyl sites for hydroxylation is 2. The van der Waals surface area contributed by atoms with E-state index < -0.39 is 15.3 Å². The molecule has 0 radical (unpaired) electrons. The van der Waals surface area contributed by atoms with Gasteiger partial charge >= 0.3 is 0 Å². The van der Waals surface area contributed by atoms with E-state index >= 15 is 0 Å². The predicted octanol–water partition coefficient (Wildman–Crippen LogP) is 1.21. The van der Waals surface area contributed by atoms with Gasteiger partial charge in [-0.1, -0.05) is 24.3 Å². The number of nitrogens with one attached hydrogen (secondary N) is 2. The van der Waals surface area contributed by atoms with Gasteiger partial charge in [0.1, 0.15) is 0 Å². The van der Waals surface area contributed by atoms with Crippen LogP contribution in [0.15, 0.2) is 28.7 Å². The molecule has 2 aromatic rings. The van der Waals surface area contributed by atoms with Crippen LogP contribution in [0.5, 0.6) is 0 Å². The van der Waals surface area contributed by atoms with Crippen LogP contribution in [0, 0.1) is 13.8 Å². The maximum Gasteiger partial charge on any atom is 0.233 e. The zero-order chi connectivity index (χ0) is 16.4. The highest BCUT2D eigenvalue weighted by atomic mass is 32.2. The van der Waals surface area contributed by atoms with Crippen LogP contribution in [-0.2, 0) is 16.6 Å². The zero-order valence-electron chi connectivity index (χ0n) is 13.1. The summed E-state index contributed by atoms with van der Waals surface area (Å²) in [7, 11) is -3.41. The predicted molar refractivity (Wildman–Crippen MR) is 85.1 cm³/mol. The summed E-state index contributed by atoms with van der Waals surface area (Å²) in [6, 6.07) is 7.52. The van der Waals surface area contributed by atoms with E-state index in [2.05, 4.69) is 20.2 Å². The fourth-order valence-electron chi connectivity index (χ4n) is 2.69. The third-order valence-corrected chi connectivity index (χ3v) is 5.88. The van der Waals surface area contributed by atoms with Crippen LogP contribution >= 0.6 is 0 Å². The Balaban J connectivity index is 1.63. The molecule has 0 bridgehead atoms. The summed E-state index contributed by atoms with van der Waals surface area (Å²) in [5.41, 5.74) is 2.05. The summed E-state index contributed by atoms with van der Waals surface area (Å²) < 4.78 is 33.0. The molecule has 1 saturated heterocycles. The van der Waals surface area contributed by atoms with Gasteiger partial charge in [-0.25, -0.2) is 13.1 Å². The Hall–Kier alpha value is -1.77. The SMILES string of the molecule is Cc1nnc(C2CC(S(=O)(=O)NCc3ccccc3C)CN2)o1. The van der Waals surface area contributed by atoms with E-state index in [4.69, 9.17) is 4.42 Å². The van der Waals surface area contributed by atoms with Crippen molar-refractivity contribution < 1.29 is 12.8 Å². The van der Waals surface area contributed by atoms with Crippen LogP contribution in [0.25, 0.3) is 0 Å². The summed E-state index contributed by atoms with van der Waals surface area (Å²) in [5, 5.41) is 10.4. The van der Waals surface area contributed by atoms with E-state index in [0.717, 1.165) is 11.1 Å². The summed E-state index contributed by atoms with van der Waals surface area (Å²) in [5.74, 6) is 0.921. The monoisotopic (exact) mass is 336 g/mol. The molecule has 1 fully saturated rings. The zero-order valence-corrected chi connectivity index (χ0v) is 13.9. The highest BCUT2D eigenvalue weighted by Crippen LogP contribution is 2.26. The lowest BCUT2D eigenvalue weighted by molar-refractivity contribution is 0.413. The van der Waals surface area contributed by atoms with Crippen molar-refractivity contribution in [1.82, 2.24) is 20.2 Å². The number of nitrogens with zero attached hydrogens (tertiary/aromatic N) is 2. The van der Waals surface area contributed by atoms with Crippen molar-refractivity contribution in [3.8, 4) is 0 Å². The lowest BCUT2D eigenvalue weighted by Gasteiger charge is -2.13. The van der Waals surface area contributed by atoms with Crippen molar-refractivity contribution in [2.24, 2.45) is 0 Å². The third-order valence-electron chi connectivity index (χ3n) is 4.09. The lowest BCUT2D eigenvalue weighted by Crippen LogP contribution is -2.35. The molecular weight excluding hydrogens is 316 g/mol. The first kappa shape index (κ1) is 16.1. The van der Waals surface area contributed by atoms with Gasteiger partial charge in [-0.15, -0.1) is 10.2 Å². The Morgan fingerprint density at radius 2 is 2.09 bits per heavy atom. The minimum atomic E-state index is -3.41. The van der Waals surface area contributed by atoms with E-state index in [1.165, 1.54) is 0 Å². The second kappa shape index (κ2) is 6.38. The number of rotatable bonds is 5. The smallest absolute Gasteiger partial charge is 0.233 e. The maximum atomic E-state index is 12.5. The minimum absolute atomic E-state index is 0.212. The first-order valence-corrected chi connectivity index (χ1v) is 9.07. The molecule has 7 nitrogen and oxygen atoms in total. The van der Waals surface area contributed by atoms with Crippen LogP contribution in [0.2, 0.25) is 0 Å². The molecule has 2 N–H and O–H groups in total. The summed E-state index contributed by atoms with van der Waals surface area (Å²) in [6.07, 6.45) is 0.421. The number of sulfonamides is 1. The fraction of sp³-hybridized carbons (Fsp3) is 0.467. The highest BCUT2D eigenvalue weighted by Gasteiger charge is 2.36. The molecule has 3 rings (SSSR count). The number of hydrogen-bond acceptors (Lipinski definition) is 6. The summed E-state index contributed by atoms with van der Waals surface area (Å²) in [6.45, 7) is 4.35. The van der Waals surface area contributed by atoms with E-state index in [1.54, 1.807) is 6.92 Å². The van der Waals surface area contributed by atoms with E-state index in [-0.39, 0.29) is 6.04 Å². The molecule has 0 aliphatic carbocycles. The Kier molecular flexibility index (Phi) is 4.47. The van der Waals surface area contributed by atoms with Crippen molar-refractivity contribution in [3.63, 3.8) is 0 Å². The van der Waals surface area contributed by atoms with E-state index in [0.29, 0.717) is 31.3 Å². The van der Waals surface area contributed by atoms with Crippen LogP contribution in [0.4, 0.5) is 0 Å². The molecule has 23 heavy (non-hydrogen) atoms. The summed E-state index contributed by atoms with van der Waals surface area (Å²) >= 11 is 0. The standard InChI is InChI=1S/C15H20N4O3S/c1-10-5-3-4-6-12(10)8-17-23(20,21)13-7-14(16-9-13)15-19-18-11(2)22-15/h3-6,13-14,16-17H,7-9H2,1-2H3. The quantitative estimate of drug-likeness (QED) is 0.852. The van der Waals surface area contributed by atoms with Crippen LogP contribution < -0.4 is 10.0 Å². The van der Waals surface area contributed by atoms with Crippen molar-refractivity contribution in [2.45, 2.75) is 38.1 Å². The molecule has 2 atom stereocenters. The van der Waals surface area contributed by atoms with Gasteiger partial charge in [0.05, 0.1) is 11.3 Å². The van der Waals surface area contributed by atoms with E-state index in [1.807, 2.05) is 31.2 Å². The molecule has 0 spiro atoms. The van der Waals surface area contributed by atoms with Gasteiger partial charge in [-0.2, -0.15) is 0 Å². The van der Waals surface area contributed by atoms with Crippen molar-refractivity contribution in [3.05, 3.63) is 47.2 Å². The minimum Gasteiger partial charge on any atom is -0.424 e. The fourth-order valence-corrected chi connectivity index (χ4v) is 4.04. The average Bonchev–Trinajstić information content (AvgIpc) is 3.15. The van der Waals surface area contributed by atoms with Gasteiger partial charge < -0.3 is 9.73 Å². The van der Waals surface area contributed by atoms with Gasteiger partial charge in [0, 0.05) is 20.0 Å². The molecule has 2 heterocycles. The number of benzene rings is 1. The first-order valence-electron chi connectivity index (χ1n) is 7.52. The molecule has 0 amide bonds. The second-order valence-electron chi connectivity index (χ2n) is 5.77. The average molecular weight is 336 g/mol. The van der Waals surface area contributed by atoms with Crippen molar-refractivity contribution >= 4 is 10.0 Å². The van der Waals surface area contributed by atoms with Gasteiger partial charge in [0.25, 0.3) is 0 Å². The normalized spacial score (nSPS) is 21.7. The number of aromatic nitrogens is 2. The Labute approximate surface area is 135 Å². The Morgan fingerprint density at radius 3 is 2.78 bits per heavy atom. The Morgan fingerprint density at radius 1 is 1.30 bits per heavy atom. The van der Waals surface area contributed by atoms with Gasteiger partial charge in [0.2, 0.25) is 21.8 Å². The Bertz CT molecular complexity index is 788. The molecule has 1 aromatic carbocycles. The highest BCUT2D eigenvalue weighted by molar-refractivity contribution is 7.90. The molecule has 8 heteroatoms. The van der Waals surface area contributed by atoms with Crippen molar-refractivity contribution in [2.75, 3.05) is 6.54 Å². The van der Waals surface area contributed by atoms with E-state index in [9.17, 15) is 8.42 Å². The largest absolute Gasteiger partial charge is 0.424 e. The first-order chi connectivity index (χ1) is 11.0. The molecular formula is C15H20N4O3S. The van der Waals surface area contributed by atoms with Crippen molar-refractivity contribution in [1.29, 1.82) is 0 Å². The molecule has 0 saturated carbocycles. The van der Waals surface area contributed by atoms with Gasteiger partial charge in [-0.05, 0) is 24.5 Å². The van der Waals surface area contributed by atoms with Gasteiger partial charge in [-0.3, -0.25) is 0 Å². The molecule has 1 aromatic heterocycles. The van der Waals surface area contributed by atoms with Crippen LogP contribution in [0.1, 0.15) is 35.4 Å².